The van der Waals surface area contributed by atoms with Crippen LogP contribution in [0.5, 0.6) is 5.75 Å². The summed E-state index contributed by atoms with van der Waals surface area (Å²) in [7, 11) is 1.64. The fourth-order valence-electron chi connectivity index (χ4n) is 3.23. The van der Waals surface area contributed by atoms with Gasteiger partial charge in [0.25, 0.3) is 0 Å². The van der Waals surface area contributed by atoms with Crippen molar-refractivity contribution in [3.63, 3.8) is 0 Å². The highest BCUT2D eigenvalue weighted by Crippen LogP contribution is 2.31. The first kappa shape index (κ1) is 16.3. The number of aliphatic hydroxyl groups is 1. The topological polar surface area (TPSA) is 70.0 Å². The largest absolute Gasteiger partial charge is 0.497 e. The lowest BCUT2D eigenvalue weighted by Gasteiger charge is -2.34. The van der Waals surface area contributed by atoms with Gasteiger partial charge in [0.05, 0.1) is 19.8 Å². The molecule has 0 spiro atoms. The average molecular weight is 327 g/mol. The van der Waals surface area contributed by atoms with E-state index in [1.54, 1.807) is 7.11 Å². The maximum Gasteiger partial charge on any atom is 0.407 e. The molecule has 1 amide bonds. The molecule has 0 aromatic heterocycles. The molecule has 1 aliphatic rings. The predicted octanol–water partition coefficient (Wildman–Crippen LogP) is 3.19. The first-order valence-electron chi connectivity index (χ1n) is 7.99. The van der Waals surface area contributed by atoms with E-state index in [9.17, 15) is 9.90 Å². The first-order valence-corrected chi connectivity index (χ1v) is 7.99. The maximum absolute atomic E-state index is 11.0. The number of amides is 1. The predicted molar refractivity (Wildman–Crippen MR) is 91.4 cm³/mol. The Morgan fingerprint density at radius 3 is 2.54 bits per heavy atom. The Kier molecular flexibility index (Phi) is 4.71. The third-order valence-corrected chi connectivity index (χ3v) is 4.59. The number of carbonyl (C=O) groups is 1. The minimum absolute atomic E-state index is 0.0428. The van der Waals surface area contributed by atoms with Gasteiger partial charge in [0.1, 0.15) is 5.75 Å². The zero-order valence-corrected chi connectivity index (χ0v) is 13.6. The Bertz CT molecular complexity index is 714. The number of nitrogens with zero attached hydrogens (tertiary/aromatic N) is 1. The minimum atomic E-state index is -0.973. The van der Waals surface area contributed by atoms with Crippen molar-refractivity contribution in [3.05, 3.63) is 54.1 Å². The number of ether oxygens (including phenoxy) is 1. The smallest absolute Gasteiger partial charge is 0.407 e. The van der Waals surface area contributed by atoms with E-state index < -0.39 is 12.2 Å². The van der Waals surface area contributed by atoms with E-state index in [-0.39, 0.29) is 12.5 Å². The second-order valence-corrected chi connectivity index (χ2v) is 6.05. The Morgan fingerprint density at radius 1 is 1.17 bits per heavy atom. The summed E-state index contributed by atoms with van der Waals surface area (Å²) in [5.74, 6) is 0.769. The third kappa shape index (κ3) is 3.36. The molecule has 0 radical (unpaired) electrons. The zero-order chi connectivity index (χ0) is 17.1. The van der Waals surface area contributed by atoms with Gasteiger partial charge in [-0.05, 0) is 35.2 Å². The van der Waals surface area contributed by atoms with Gasteiger partial charge in [0, 0.05) is 12.5 Å². The van der Waals surface area contributed by atoms with Crippen LogP contribution in [0.15, 0.2) is 48.5 Å². The van der Waals surface area contributed by atoms with Crippen molar-refractivity contribution in [2.24, 2.45) is 0 Å². The summed E-state index contributed by atoms with van der Waals surface area (Å²) in [5, 5.41) is 19.4. The fraction of sp³-hybridized carbons (Fsp3) is 0.316. The van der Waals surface area contributed by atoms with Gasteiger partial charge >= 0.3 is 6.09 Å². The molecule has 5 heteroatoms. The van der Waals surface area contributed by atoms with E-state index in [0.717, 1.165) is 22.4 Å². The van der Waals surface area contributed by atoms with Gasteiger partial charge in [-0.25, -0.2) is 4.79 Å². The van der Waals surface area contributed by atoms with Crippen molar-refractivity contribution >= 4 is 6.09 Å². The Labute approximate surface area is 141 Å². The highest BCUT2D eigenvalue weighted by molar-refractivity contribution is 5.66. The number of hydrogen-bond donors (Lipinski definition) is 2. The van der Waals surface area contributed by atoms with Crippen LogP contribution in [-0.4, -0.2) is 47.5 Å². The number of hydrogen-bond acceptors (Lipinski definition) is 3. The van der Waals surface area contributed by atoms with Crippen LogP contribution in [0.4, 0.5) is 4.79 Å². The van der Waals surface area contributed by atoms with E-state index >= 15 is 0 Å². The van der Waals surface area contributed by atoms with E-state index in [4.69, 9.17) is 9.84 Å². The van der Waals surface area contributed by atoms with Crippen molar-refractivity contribution < 1.29 is 19.7 Å². The van der Waals surface area contributed by atoms with Crippen LogP contribution < -0.4 is 4.74 Å². The quantitative estimate of drug-likeness (QED) is 0.908. The summed E-state index contributed by atoms with van der Waals surface area (Å²) in [4.78, 5) is 12.3. The van der Waals surface area contributed by atoms with Crippen LogP contribution in [0.3, 0.4) is 0 Å². The molecule has 2 aromatic carbocycles. The molecule has 1 fully saturated rings. The molecule has 0 aliphatic carbocycles. The fourth-order valence-corrected chi connectivity index (χ4v) is 3.23. The van der Waals surface area contributed by atoms with Crippen molar-refractivity contribution in [2.75, 3.05) is 20.2 Å². The number of benzene rings is 2. The van der Waals surface area contributed by atoms with Crippen molar-refractivity contribution in [1.29, 1.82) is 0 Å². The standard InChI is InChI=1S/C19H21NO4/c1-24-16-7-5-13(6-8-16)14-3-2-4-15(11-14)17-9-10-20(19(22)23)12-18(17)21/h2-8,11,17-18,21H,9-10,12H2,1H3,(H,22,23)/t17-,18+/m1/s1. The molecule has 5 nitrogen and oxygen atoms in total. The summed E-state index contributed by atoms with van der Waals surface area (Å²) < 4.78 is 5.18. The van der Waals surface area contributed by atoms with Gasteiger partial charge in [-0.2, -0.15) is 0 Å². The van der Waals surface area contributed by atoms with Crippen LogP contribution in [0, 0.1) is 0 Å². The molecule has 0 bridgehead atoms. The molecule has 2 atom stereocenters. The van der Waals surface area contributed by atoms with Crippen molar-refractivity contribution in [1.82, 2.24) is 4.90 Å². The second kappa shape index (κ2) is 6.93. The van der Waals surface area contributed by atoms with Crippen molar-refractivity contribution in [2.45, 2.75) is 18.4 Å². The van der Waals surface area contributed by atoms with E-state index in [2.05, 4.69) is 6.07 Å². The van der Waals surface area contributed by atoms with Crippen LogP contribution in [0.25, 0.3) is 11.1 Å². The van der Waals surface area contributed by atoms with Crippen molar-refractivity contribution in [3.8, 4) is 16.9 Å². The second-order valence-electron chi connectivity index (χ2n) is 6.05. The molecule has 1 saturated heterocycles. The van der Waals surface area contributed by atoms with Crippen LogP contribution in [-0.2, 0) is 0 Å². The Balaban J connectivity index is 1.81. The number of aliphatic hydroxyl groups excluding tert-OH is 1. The average Bonchev–Trinajstić information content (AvgIpc) is 2.61. The van der Waals surface area contributed by atoms with Gasteiger partial charge in [-0.3, -0.25) is 0 Å². The molecule has 2 N–H and O–H groups in total. The first-order chi connectivity index (χ1) is 11.6. The van der Waals surface area contributed by atoms with Crippen LogP contribution in [0.2, 0.25) is 0 Å². The van der Waals surface area contributed by atoms with Gasteiger partial charge < -0.3 is 19.8 Å². The molecule has 1 aliphatic heterocycles. The van der Waals surface area contributed by atoms with E-state index in [1.165, 1.54) is 4.90 Å². The lowest BCUT2D eigenvalue weighted by Crippen LogP contribution is -2.45. The number of likely N-dealkylation sites (tertiary alicyclic amines) is 1. The SMILES string of the molecule is COc1ccc(-c2cccc([C@H]3CCN(C(=O)O)C[C@@H]3O)c2)cc1. The summed E-state index contributed by atoms with van der Waals surface area (Å²) in [5.41, 5.74) is 3.19. The molecule has 1 heterocycles. The highest BCUT2D eigenvalue weighted by atomic mass is 16.5. The highest BCUT2D eigenvalue weighted by Gasteiger charge is 2.31. The zero-order valence-electron chi connectivity index (χ0n) is 13.6. The molecule has 3 rings (SSSR count). The van der Waals surface area contributed by atoms with E-state index in [1.807, 2.05) is 42.5 Å². The van der Waals surface area contributed by atoms with Crippen LogP contribution in [0.1, 0.15) is 17.9 Å². The summed E-state index contributed by atoms with van der Waals surface area (Å²) in [6, 6.07) is 15.9. The molecular formula is C19H21NO4. The molecule has 2 aromatic rings. The molecule has 0 unspecified atom stereocenters. The monoisotopic (exact) mass is 327 g/mol. The third-order valence-electron chi connectivity index (χ3n) is 4.59. The number of methoxy groups -OCH3 is 1. The summed E-state index contributed by atoms with van der Waals surface area (Å²) in [6.07, 6.45) is -1.03. The summed E-state index contributed by atoms with van der Waals surface area (Å²) in [6.45, 7) is 0.608. The minimum Gasteiger partial charge on any atom is -0.497 e. The van der Waals surface area contributed by atoms with Gasteiger partial charge in [0.2, 0.25) is 0 Å². The Morgan fingerprint density at radius 2 is 1.92 bits per heavy atom. The Hall–Kier alpha value is -2.53. The lowest BCUT2D eigenvalue weighted by molar-refractivity contribution is 0.0504. The normalized spacial score (nSPS) is 20.7. The number of β-amino-alcohol motifs (C(OH)–C–C–N with tert-alkyl or cyclic N) is 1. The molecule has 24 heavy (non-hydrogen) atoms. The number of piperidine rings is 1. The molecule has 0 saturated carbocycles. The van der Waals surface area contributed by atoms with Gasteiger partial charge in [-0.1, -0.05) is 36.4 Å². The molecular weight excluding hydrogens is 306 g/mol. The number of rotatable bonds is 3. The van der Waals surface area contributed by atoms with E-state index in [0.29, 0.717) is 13.0 Å². The lowest BCUT2D eigenvalue weighted by atomic mass is 9.86. The van der Waals surface area contributed by atoms with Gasteiger partial charge in [0.15, 0.2) is 0 Å². The van der Waals surface area contributed by atoms with Crippen LogP contribution >= 0.6 is 0 Å². The maximum atomic E-state index is 11.0. The molecule has 126 valence electrons. The summed E-state index contributed by atoms with van der Waals surface area (Å²) >= 11 is 0. The number of carboxylic acid groups (broad SMARTS) is 1. The van der Waals surface area contributed by atoms with Gasteiger partial charge in [-0.15, -0.1) is 0 Å².